The molecule has 5 atom stereocenters. The van der Waals surface area contributed by atoms with Gasteiger partial charge in [0.1, 0.15) is 18.3 Å². The lowest BCUT2D eigenvalue weighted by atomic mass is 10.1. The van der Waals surface area contributed by atoms with E-state index < -0.39 is 23.3 Å². The number of hydrogen-bond donors (Lipinski definition) is 0. The topological polar surface area (TPSA) is 89.3 Å². The van der Waals surface area contributed by atoms with Gasteiger partial charge in [0.25, 0.3) is 5.69 Å². The van der Waals surface area contributed by atoms with Gasteiger partial charge in [0, 0.05) is 6.07 Å². The van der Waals surface area contributed by atoms with Crippen LogP contribution in [0.5, 0.6) is 0 Å². The molecule has 0 saturated carbocycles. The van der Waals surface area contributed by atoms with Gasteiger partial charge in [-0.05, 0) is 32.1 Å². The van der Waals surface area contributed by atoms with Gasteiger partial charge in [-0.15, -0.1) is 0 Å². The van der Waals surface area contributed by atoms with Crippen molar-refractivity contribution in [2.45, 2.75) is 50.5 Å². The summed E-state index contributed by atoms with van der Waals surface area (Å²) in [6, 6.07) is 6.50. The highest BCUT2D eigenvalue weighted by molar-refractivity contribution is 5.60. The Bertz CT molecular complexity index is 704. The first-order valence-electron chi connectivity index (χ1n) is 8.13. The maximum Gasteiger partial charge on any atom is 0.276 e. The summed E-state index contributed by atoms with van der Waals surface area (Å²) in [5.41, 5.74) is 0.523. The molecule has 8 heteroatoms. The van der Waals surface area contributed by atoms with Crippen molar-refractivity contribution in [2.24, 2.45) is 0 Å². The highest BCUT2D eigenvalue weighted by atomic mass is 16.9. The van der Waals surface area contributed by atoms with Gasteiger partial charge in [0.15, 0.2) is 18.4 Å². The van der Waals surface area contributed by atoms with E-state index >= 15 is 0 Å². The van der Waals surface area contributed by atoms with Crippen molar-refractivity contribution in [3.8, 4) is 0 Å². The number of nitro groups is 1. The molecule has 1 aromatic carbocycles. The summed E-state index contributed by atoms with van der Waals surface area (Å²) in [5, 5.41) is 11.1. The molecule has 3 saturated heterocycles. The van der Waals surface area contributed by atoms with Crippen LogP contribution in [-0.4, -0.2) is 48.2 Å². The third kappa shape index (κ3) is 3.19. The lowest BCUT2D eigenvalue weighted by Crippen LogP contribution is -2.46. The van der Waals surface area contributed by atoms with E-state index in [1.807, 2.05) is 13.8 Å². The largest absolute Gasteiger partial charge is 0.346 e. The standard InChI is InChI=1S/C17H19NO7/c1-17(2)24-15-14-12(22-16(15)25-17)9-21-13(23-14)8-7-10-5-3-4-6-11(10)18(19)20/h3-8,12-16H,9H2,1-2H3/b8-7+/t12-,13+,14+,15-,16-/m1/s1. The van der Waals surface area contributed by atoms with E-state index in [1.54, 1.807) is 30.4 Å². The van der Waals surface area contributed by atoms with E-state index in [0.717, 1.165) is 0 Å². The Hall–Kier alpha value is -1.84. The number of benzene rings is 1. The zero-order chi connectivity index (χ0) is 17.6. The molecular weight excluding hydrogens is 330 g/mol. The van der Waals surface area contributed by atoms with E-state index in [9.17, 15) is 10.1 Å². The predicted molar refractivity (Wildman–Crippen MR) is 85.4 cm³/mol. The molecule has 0 spiro atoms. The molecule has 0 amide bonds. The van der Waals surface area contributed by atoms with Gasteiger partial charge in [0.2, 0.25) is 0 Å². The molecule has 1 aromatic rings. The predicted octanol–water partition coefficient (Wildman–Crippen LogP) is 2.23. The fourth-order valence-electron chi connectivity index (χ4n) is 3.31. The van der Waals surface area contributed by atoms with Crippen molar-refractivity contribution in [1.82, 2.24) is 0 Å². The number of rotatable bonds is 3. The Kier molecular flexibility index (Phi) is 4.09. The highest BCUT2D eigenvalue weighted by Gasteiger charge is 2.57. The van der Waals surface area contributed by atoms with Crippen molar-refractivity contribution in [2.75, 3.05) is 6.61 Å². The van der Waals surface area contributed by atoms with E-state index in [4.69, 9.17) is 23.7 Å². The van der Waals surface area contributed by atoms with Gasteiger partial charge in [-0.25, -0.2) is 0 Å². The van der Waals surface area contributed by atoms with E-state index in [2.05, 4.69) is 0 Å². The van der Waals surface area contributed by atoms with Gasteiger partial charge in [-0.2, -0.15) is 0 Å². The van der Waals surface area contributed by atoms with Gasteiger partial charge < -0.3 is 23.7 Å². The fraction of sp³-hybridized carbons (Fsp3) is 0.529. The molecule has 4 rings (SSSR count). The van der Waals surface area contributed by atoms with Gasteiger partial charge in [0.05, 0.1) is 17.1 Å². The first-order chi connectivity index (χ1) is 11.9. The van der Waals surface area contributed by atoms with Gasteiger partial charge in [-0.3, -0.25) is 10.1 Å². The second-order valence-electron chi connectivity index (χ2n) is 6.62. The number of nitro benzene ring substituents is 1. The van der Waals surface area contributed by atoms with Crippen LogP contribution in [0.1, 0.15) is 19.4 Å². The Labute approximate surface area is 144 Å². The Morgan fingerprint density at radius 2 is 2.00 bits per heavy atom. The lowest BCUT2D eigenvalue weighted by molar-refractivity contribution is -0.385. The fourth-order valence-corrected chi connectivity index (χ4v) is 3.31. The van der Waals surface area contributed by atoms with E-state index in [1.165, 1.54) is 6.07 Å². The van der Waals surface area contributed by atoms with E-state index in [-0.39, 0.29) is 24.0 Å². The summed E-state index contributed by atoms with van der Waals surface area (Å²) in [7, 11) is 0. The third-order valence-electron chi connectivity index (χ3n) is 4.37. The zero-order valence-corrected chi connectivity index (χ0v) is 13.9. The molecular formula is C17H19NO7. The molecule has 0 aliphatic carbocycles. The average Bonchev–Trinajstić information content (AvgIpc) is 3.04. The van der Waals surface area contributed by atoms with Crippen LogP contribution in [0.2, 0.25) is 0 Å². The minimum Gasteiger partial charge on any atom is -0.346 e. The molecule has 134 valence electrons. The maximum absolute atomic E-state index is 11.1. The average molecular weight is 349 g/mol. The molecule has 0 bridgehead atoms. The molecule has 0 unspecified atom stereocenters. The smallest absolute Gasteiger partial charge is 0.276 e. The number of fused-ring (bicyclic) bond motifs is 3. The van der Waals surface area contributed by atoms with Crippen LogP contribution in [-0.2, 0) is 23.7 Å². The lowest BCUT2D eigenvalue weighted by Gasteiger charge is -2.33. The minimum absolute atomic E-state index is 0.0333. The number of ether oxygens (including phenoxy) is 5. The van der Waals surface area contributed by atoms with Crippen LogP contribution in [0.25, 0.3) is 6.08 Å². The molecule has 3 aliphatic heterocycles. The van der Waals surface area contributed by atoms with Crippen LogP contribution >= 0.6 is 0 Å². The number of hydrogen-bond acceptors (Lipinski definition) is 7. The SMILES string of the molecule is CC1(C)O[C@H]2O[C@@H]3CO[C@H](/C=C/c4ccccc4[N+](=O)[O-])O[C@@H]3[C@H]2O1. The van der Waals surface area contributed by atoms with Crippen LogP contribution in [0.15, 0.2) is 30.3 Å². The molecule has 3 fully saturated rings. The zero-order valence-electron chi connectivity index (χ0n) is 13.9. The van der Waals surface area contributed by atoms with Crippen molar-refractivity contribution >= 4 is 11.8 Å². The molecule has 25 heavy (non-hydrogen) atoms. The summed E-state index contributed by atoms with van der Waals surface area (Å²) in [6.07, 6.45) is 1.33. The third-order valence-corrected chi connectivity index (χ3v) is 4.37. The molecule has 0 radical (unpaired) electrons. The van der Waals surface area contributed by atoms with Crippen LogP contribution in [0.3, 0.4) is 0 Å². The normalized spacial score (nSPS) is 36.3. The van der Waals surface area contributed by atoms with Crippen molar-refractivity contribution in [3.63, 3.8) is 0 Å². The second-order valence-corrected chi connectivity index (χ2v) is 6.62. The van der Waals surface area contributed by atoms with Crippen LogP contribution in [0, 0.1) is 10.1 Å². The molecule has 3 aliphatic rings. The van der Waals surface area contributed by atoms with Gasteiger partial charge >= 0.3 is 0 Å². The number of nitrogens with zero attached hydrogens (tertiary/aromatic N) is 1. The molecule has 8 nitrogen and oxygen atoms in total. The summed E-state index contributed by atoms with van der Waals surface area (Å²) in [4.78, 5) is 10.7. The molecule has 3 heterocycles. The molecule has 0 aromatic heterocycles. The minimum atomic E-state index is -0.710. The summed E-state index contributed by atoms with van der Waals surface area (Å²) >= 11 is 0. The quantitative estimate of drug-likeness (QED) is 0.610. The van der Waals surface area contributed by atoms with Crippen LogP contribution in [0.4, 0.5) is 5.69 Å². The summed E-state index contributed by atoms with van der Waals surface area (Å²) < 4.78 is 28.9. The monoisotopic (exact) mass is 349 g/mol. The van der Waals surface area contributed by atoms with Crippen molar-refractivity contribution < 1.29 is 28.6 Å². The van der Waals surface area contributed by atoms with Crippen LogP contribution < -0.4 is 0 Å². The molecule has 0 N–H and O–H groups in total. The van der Waals surface area contributed by atoms with Gasteiger partial charge in [-0.1, -0.05) is 12.1 Å². The Morgan fingerprint density at radius 3 is 2.80 bits per heavy atom. The maximum atomic E-state index is 11.1. The second kappa shape index (κ2) is 6.15. The highest BCUT2D eigenvalue weighted by Crippen LogP contribution is 2.40. The number of para-hydroxylation sites is 1. The summed E-state index contributed by atoms with van der Waals surface area (Å²) in [5.74, 6) is -0.710. The Balaban J connectivity index is 1.46. The first kappa shape index (κ1) is 16.6. The Morgan fingerprint density at radius 1 is 1.20 bits per heavy atom. The summed E-state index contributed by atoms with van der Waals surface area (Å²) in [6.45, 7) is 4.00. The van der Waals surface area contributed by atoms with Crippen molar-refractivity contribution in [3.05, 3.63) is 46.0 Å². The van der Waals surface area contributed by atoms with Crippen molar-refractivity contribution in [1.29, 1.82) is 0 Å². The van der Waals surface area contributed by atoms with E-state index in [0.29, 0.717) is 12.2 Å². The first-order valence-corrected chi connectivity index (χ1v) is 8.13.